The molecular weight excluding hydrogens is 870 g/mol. The van der Waals surface area contributed by atoms with Crippen molar-refractivity contribution in [2.75, 3.05) is 0 Å². The molecule has 4 saturated carbocycles. The quantitative estimate of drug-likeness (QED) is 0.141. The molecular formula is C68H58BN3. The molecule has 348 valence electrons. The second-order valence-electron chi connectivity index (χ2n) is 25.5. The van der Waals surface area contributed by atoms with Crippen molar-refractivity contribution in [1.82, 2.24) is 9.80 Å². The number of fused-ring (bicyclic) bond motifs is 24. The first kappa shape index (κ1) is 38.5. The van der Waals surface area contributed by atoms with Gasteiger partial charge in [0, 0.05) is 40.3 Å². The third-order valence-corrected chi connectivity index (χ3v) is 24.3. The minimum Gasteiger partial charge on any atom is -0.336 e. The van der Waals surface area contributed by atoms with E-state index < -0.39 is 0 Å². The van der Waals surface area contributed by atoms with Crippen LogP contribution in [0.5, 0.6) is 0 Å². The number of nitrogens with zero attached hydrogens (tertiary/aromatic N) is 3. The molecule has 3 spiro atoms. The van der Waals surface area contributed by atoms with Crippen molar-refractivity contribution in [1.29, 1.82) is 0 Å². The van der Waals surface area contributed by atoms with Crippen molar-refractivity contribution in [2.24, 2.45) is 40.5 Å². The van der Waals surface area contributed by atoms with E-state index in [1.807, 2.05) is 0 Å². The molecule has 13 atom stereocenters. The van der Waals surface area contributed by atoms with E-state index in [2.05, 4.69) is 174 Å². The van der Waals surface area contributed by atoms with Crippen LogP contribution in [0.15, 0.2) is 169 Å². The minimum atomic E-state index is -0.228. The molecule has 72 heavy (non-hydrogen) atoms. The van der Waals surface area contributed by atoms with Crippen molar-refractivity contribution in [3.63, 3.8) is 0 Å². The van der Waals surface area contributed by atoms with Gasteiger partial charge in [-0.2, -0.15) is 0 Å². The fraction of sp³-hybridized carbons (Fsp3) is 0.368. The maximum absolute atomic E-state index is 6.42. The van der Waals surface area contributed by atoms with Crippen LogP contribution in [0.4, 0.5) is 0 Å². The van der Waals surface area contributed by atoms with Gasteiger partial charge >= 0.3 is 0 Å². The lowest BCUT2D eigenvalue weighted by Gasteiger charge is -2.76. The van der Waals surface area contributed by atoms with E-state index in [4.69, 9.17) is 4.99 Å². The monoisotopic (exact) mass is 927 g/mol. The summed E-state index contributed by atoms with van der Waals surface area (Å²) in [6.07, 6.45) is 11.7. The van der Waals surface area contributed by atoms with Gasteiger partial charge in [-0.3, -0.25) is 0 Å². The van der Waals surface area contributed by atoms with Crippen LogP contribution in [0, 0.1) is 35.5 Å². The molecule has 6 aliphatic heterocycles. The number of rotatable bonds is 0. The van der Waals surface area contributed by atoms with E-state index in [1.165, 1.54) is 97.1 Å². The van der Waals surface area contributed by atoms with Crippen LogP contribution in [-0.2, 0) is 16.2 Å². The largest absolute Gasteiger partial charge is 0.336 e. The topological polar surface area (TPSA) is 18.8 Å². The molecule has 0 radical (unpaired) electrons. The Bertz CT molecular complexity index is 3530. The normalized spacial score (nSPS) is 35.5. The molecule has 7 aromatic rings. The Kier molecular flexibility index (Phi) is 6.74. The Morgan fingerprint density at radius 1 is 0.403 bits per heavy atom. The summed E-state index contributed by atoms with van der Waals surface area (Å²) in [7, 11) is 0. The molecule has 7 fully saturated rings. The standard InChI is InChI=1S/C68H58BN3/c1-7-22-44-38(16-1)39-17-2-8-23-45(39)66(44)50-28-13-14-31-57(50)71-62-54(66)33-32-37-36-55-61-64(58(37)62)72-63-56(70-65(71)72)35-34-53-60(63)69(61)59-51(67(53)46-24-9-3-18-40(46)41-19-4-10-25-47(41)67)29-15-30-52(59)68(55)48-26-11-5-20-42(48)43-21-6-12-27-49(43)68/h1-12,15-27,29-30,37,50,53-58,60-64H,13-14,28,31-36H2. The summed E-state index contributed by atoms with van der Waals surface area (Å²) in [5, 5.41) is 0. The van der Waals surface area contributed by atoms with Crippen molar-refractivity contribution in [3.05, 3.63) is 208 Å². The third-order valence-electron chi connectivity index (χ3n) is 24.3. The van der Waals surface area contributed by atoms with Gasteiger partial charge in [-0.1, -0.05) is 182 Å². The van der Waals surface area contributed by atoms with Crippen LogP contribution in [0.2, 0.25) is 11.6 Å². The van der Waals surface area contributed by atoms with Crippen molar-refractivity contribution < 1.29 is 0 Å². The molecule has 0 N–H and O–H groups in total. The first-order valence-electron chi connectivity index (χ1n) is 28.6. The fourth-order valence-corrected chi connectivity index (χ4v) is 23.2. The first-order valence-corrected chi connectivity index (χ1v) is 28.6. The number of hydrogen-bond donors (Lipinski definition) is 0. The van der Waals surface area contributed by atoms with Crippen LogP contribution in [-0.4, -0.2) is 52.7 Å². The van der Waals surface area contributed by atoms with E-state index in [0.29, 0.717) is 84.1 Å². The fourth-order valence-electron chi connectivity index (χ4n) is 23.2. The second-order valence-corrected chi connectivity index (χ2v) is 25.5. The zero-order chi connectivity index (χ0) is 46.1. The third kappa shape index (κ3) is 3.77. The SMILES string of the molecule is c1ccc2c(c1)-c1ccccc1C21c2cccc3c2B2C4C5C(CCC41)N=C1N4C6CCCCC6C6(c7ccccc7-c7ccccc76)C6CCC7CC(C2C(C7C64)N15)C31c2ccccc2-c2ccccc21. The Hall–Kier alpha value is -6.13. The molecule has 3 saturated heterocycles. The Labute approximate surface area is 423 Å². The summed E-state index contributed by atoms with van der Waals surface area (Å²) < 4.78 is 0. The van der Waals surface area contributed by atoms with Gasteiger partial charge in [-0.25, -0.2) is 4.99 Å². The van der Waals surface area contributed by atoms with Crippen molar-refractivity contribution in [2.45, 2.75) is 116 Å². The number of benzene rings is 7. The molecule has 3 nitrogen and oxygen atoms in total. The number of hydrogen-bond acceptors (Lipinski definition) is 3. The van der Waals surface area contributed by atoms with E-state index in [0.717, 1.165) is 0 Å². The van der Waals surface area contributed by atoms with Gasteiger partial charge in [0.25, 0.3) is 0 Å². The second kappa shape index (κ2) is 12.6. The zero-order valence-corrected chi connectivity index (χ0v) is 40.9. The average molecular weight is 928 g/mol. The highest BCUT2D eigenvalue weighted by Gasteiger charge is 2.80. The summed E-state index contributed by atoms with van der Waals surface area (Å²) in [6.45, 7) is 0.506. The van der Waals surface area contributed by atoms with Crippen LogP contribution >= 0.6 is 0 Å². The number of aliphatic imine (C=N–C) groups is 1. The smallest absolute Gasteiger partial charge is 0.198 e. The lowest BCUT2D eigenvalue weighted by Crippen LogP contribution is -2.84. The van der Waals surface area contributed by atoms with Crippen molar-refractivity contribution in [3.8, 4) is 33.4 Å². The van der Waals surface area contributed by atoms with E-state index in [1.54, 1.807) is 50.0 Å². The molecule has 6 heterocycles. The highest BCUT2D eigenvalue weighted by Crippen LogP contribution is 2.78. The zero-order valence-electron chi connectivity index (χ0n) is 40.9. The van der Waals surface area contributed by atoms with Crippen LogP contribution < -0.4 is 5.46 Å². The van der Waals surface area contributed by atoms with Gasteiger partial charge in [0.1, 0.15) is 0 Å². The molecule has 7 aromatic carbocycles. The summed E-state index contributed by atoms with van der Waals surface area (Å²) in [4.78, 5) is 12.9. The maximum atomic E-state index is 6.42. The van der Waals surface area contributed by atoms with Gasteiger partial charge in [-0.15, -0.1) is 0 Å². The van der Waals surface area contributed by atoms with Gasteiger partial charge in [-0.05, 0) is 164 Å². The predicted molar refractivity (Wildman–Crippen MR) is 288 cm³/mol. The molecule has 13 unspecified atom stereocenters. The van der Waals surface area contributed by atoms with E-state index in [9.17, 15) is 0 Å². The van der Waals surface area contributed by atoms with Crippen LogP contribution in [0.25, 0.3) is 33.4 Å². The summed E-state index contributed by atoms with van der Waals surface area (Å²) >= 11 is 0. The first-order chi connectivity index (χ1) is 35.8. The molecule has 20 rings (SSSR count). The van der Waals surface area contributed by atoms with Crippen LogP contribution in [0.1, 0.15) is 102 Å². The van der Waals surface area contributed by atoms with E-state index in [-0.39, 0.29) is 16.2 Å². The number of piperidine rings is 1. The predicted octanol–water partition coefficient (Wildman–Crippen LogP) is 12.9. The number of guanidine groups is 1. The molecule has 0 amide bonds. The lowest BCUT2D eigenvalue weighted by atomic mass is 9.13. The van der Waals surface area contributed by atoms with Gasteiger partial charge < -0.3 is 9.80 Å². The van der Waals surface area contributed by atoms with Crippen LogP contribution in [0.3, 0.4) is 0 Å². The summed E-state index contributed by atoms with van der Waals surface area (Å²) in [5.41, 5.74) is 23.4. The minimum absolute atomic E-state index is 0.0367. The van der Waals surface area contributed by atoms with Gasteiger partial charge in [0.15, 0.2) is 12.7 Å². The molecule has 0 aromatic heterocycles. The maximum Gasteiger partial charge on any atom is 0.198 e. The lowest BCUT2D eigenvalue weighted by molar-refractivity contribution is -0.150. The molecule has 0 bridgehead atoms. The Morgan fingerprint density at radius 3 is 1.49 bits per heavy atom. The van der Waals surface area contributed by atoms with Gasteiger partial charge in [0.2, 0.25) is 0 Å². The Morgan fingerprint density at radius 2 is 0.889 bits per heavy atom. The molecule has 7 aliphatic carbocycles. The summed E-state index contributed by atoms with van der Waals surface area (Å²) in [5.74, 6) is 5.96. The summed E-state index contributed by atoms with van der Waals surface area (Å²) in [6, 6.07) is 69.1. The molecule has 13 aliphatic rings. The average Bonchev–Trinajstić information content (AvgIpc) is 4.16. The highest BCUT2D eigenvalue weighted by molar-refractivity contribution is 6.78. The molecule has 4 heteroatoms. The van der Waals surface area contributed by atoms with Crippen molar-refractivity contribution >= 4 is 18.1 Å². The van der Waals surface area contributed by atoms with Gasteiger partial charge in [0.05, 0.1) is 12.1 Å². The highest BCUT2D eigenvalue weighted by atomic mass is 15.5. The Balaban J connectivity index is 0.907. The van der Waals surface area contributed by atoms with E-state index >= 15 is 0 Å².